The first-order chi connectivity index (χ1) is 6.02. The quantitative estimate of drug-likeness (QED) is 0.281. The Balaban J connectivity index is 3.35. The fourth-order valence-electron chi connectivity index (χ4n) is 0.754. The summed E-state index contributed by atoms with van der Waals surface area (Å²) in [4.78, 5) is 18.6. The second-order valence-electron chi connectivity index (χ2n) is 2.09. The Morgan fingerprint density at radius 2 is 1.69 bits per heavy atom. The molecule has 1 rings (SSSR count). The molecule has 0 fully saturated rings. The maximum absolute atomic E-state index is 10.6. The number of nitro groups is 2. The van der Waals surface area contributed by atoms with Gasteiger partial charge in [-0.25, -0.2) is 0 Å². The Morgan fingerprint density at radius 3 is 2.15 bits per heavy atom. The first kappa shape index (κ1) is 8.84. The summed E-state index contributed by atoms with van der Waals surface area (Å²) in [7, 11) is 0. The minimum Gasteiger partial charge on any atom is -0.619 e. The highest BCUT2D eigenvalue weighted by Gasteiger charge is 2.27. The first-order valence-corrected chi connectivity index (χ1v) is 3.04. The van der Waals surface area contributed by atoms with E-state index < -0.39 is 21.2 Å². The van der Waals surface area contributed by atoms with Crippen LogP contribution >= 0.6 is 0 Å². The Kier molecular flexibility index (Phi) is 2.05. The van der Waals surface area contributed by atoms with Crippen LogP contribution in [0.5, 0.6) is 0 Å². The highest BCUT2D eigenvalue weighted by atomic mass is 16.6. The molecular weight excluding hydrogens is 182 g/mol. The van der Waals surface area contributed by atoms with E-state index >= 15 is 0 Å². The van der Waals surface area contributed by atoms with Crippen molar-refractivity contribution in [1.82, 2.24) is 0 Å². The van der Waals surface area contributed by atoms with Crippen LogP contribution in [-0.2, 0) is 0 Å². The number of hydrogen-bond donors (Lipinski definition) is 0. The van der Waals surface area contributed by atoms with Crippen LogP contribution in [0.2, 0.25) is 0 Å². The van der Waals surface area contributed by atoms with Gasteiger partial charge in [0.1, 0.15) is 0 Å². The lowest BCUT2D eigenvalue weighted by atomic mass is 10.3. The molecule has 0 atom stereocenters. The van der Waals surface area contributed by atoms with Crippen molar-refractivity contribution in [3.8, 4) is 0 Å². The maximum Gasteiger partial charge on any atom is 0.410 e. The van der Waals surface area contributed by atoms with Gasteiger partial charge in [0.05, 0.1) is 15.9 Å². The van der Waals surface area contributed by atoms with E-state index in [1.165, 1.54) is 0 Å². The van der Waals surface area contributed by atoms with Crippen LogP contribution in [0.3, 0.4) is 0 Å². The zero-order chi connectivity index (χ0) is 10.0. The molecular formula is C5H3N3O5. The highest BCUT2D eigenvalue weighted by molar-refractivity contribution is 5.48. The molecule has 0 amide bonds. The van der Waals surface area contributed by atoms with Crippen molar-refractivity contribution in [2.24, 2.45) is 0 Å². The number of hydrogen-bond acceptors (Lipinski definition) is 5. The van der Waals surface area contributed by atoms with Gasteiger partial charge in [0.2, 0.25) is 0 Å². The molecule has 0 radical (unpaired) electrons. The molecule has 0 saturated carbocycles. The molecule has 0 aromatic carbocycles. The van der Waals surface area contributed by atoms with E-state index in [9.17, 15) is 25.4 Å². The fourth-order valence-corrected chi connectivity index (χ4v) is 0.754. The number of aromatic nitrogens is 1. The van der Waals surface area contributed by atoms with Crippen LogP contribution in [0.25, 0.3) is 0 Å². The summed E-state index contributed by atoms with van der Waals surface area (Å²) in [6.07, 6.45) is 1.36. The van der Waals surface area contributed by atoms with Crippen LogP contribution < -0.4 is 4.73 Å². The third-order valence-electron chi connectivity index (χ3n) is 1.28. The van der Waals surface area contributed by atoms with Gasteiger partial charge >= 0.3 is 11.4 Å². The van der Waals surface area contributed by atoms with E-state index in [1.54, 1.807) is 0 Å². The van der Waals surface area contributed by atoms with Crippen molar-refractivity contribution >= 4 is 11.4 Å². The first-order valence-electron chi connectivity index (χ1n) is 3.04. The fraction of sp³-hybridized carbons (Fsp3) is 0. The molecule has 0 aliphatic rings. The van der Waals surface area contributed by atoms with Crippen LogP contribution in [0, 0.1) is 25.4 Å². The van der Waals surface area contributed by atoms with Gasteiger partial charge in [-0.15, -0.1) is 0 Å². The van der Waals surface area contributed by atoms with Crippen LogP contribution in [0.4, 0.5) is 11.4 Å². The van der Waals surface area contributed by atoms with E-state index in [1.807, 2.05) is 0 Å². The standard InChI is InChI=1S/C5H3N3O5/c9-6-2-1-4(7(10)11)5(3-6)8(12)13/h1-3H. The van der Waals surface area contributed by atoms with Gasteiger partial charge in [0.15, 0.2) is 6.20 Å². The molecule has 1 aromatic heterocycles. The molecule has 13 heavy (non-hydrogen) atoms. The summed E-state index contributed by atoms with van der Waals surface area (Å²) < 4.78 is 0.130. The maximum atomic E-state index is 10.6. The third kappa shape index (κ3) is 1.67. The second-order valence-corrected chi connectivity index (χ2v) is 2.09. The molecule has 1 heterocycles. The van der Waals surface area contributed by atoms with Gasteiger partial charge in [-0.05, 0) is 0 Å². The monoisotopic (exact) mass is 185 g/mol. The third-order valence-corrected chi connectivity index (χ3v) is 1.28. The van der Waals surface area contributed by atoms with Crippen LogP contribution in [0.1, 0.15) is 0 Å². The van der Waals surface area contributed by atoms with Crippen molar-refractivity contribution in [1.29, 1.82) is 0 Å². The molecule has 0 N–H and O–H groups in total. The van der Waals surface area contributed by atoms with Gasteiger partial charge < -0.3 is 5.21 Å². The molecule has 68 valence electrons. The predicted octanol–water partition coefficient (Wildman–Crippen LogP) is 0.136. The van der Waals surface area contributed by atoms with Crippen molar-refractivity contribution in [3.05, 3.63) is 43.9 Å². The van der Waals surface area contributed by atoms with Crippen molar-refractivity contribution in [2.45, 2.75) is 0 Å². The molecule has 0 spiro atoms. The van der Waals surface area contributed by atoms with E-state index in [2.05, 4.69) is 0 Å². The van der Waals surface area contributed by atoms with Crippen molar-refractivity contribution < 1.29 is 14.6 Å². The van der Waals surface area contributed by atoms with E-state index in [-0.39, 0.29) is 4.73 Å². The zero-order valence-electron chi connectivity index (χ0n) is 6.11. The lowest BCUT2D eigenvalue weighted by molar-refractivity contribution is -0.610. The lowest BCUT2D eigenvalue weighted by Gasteiger charge is -1.95. The summed E-state index contributed by atoms with van der Waals surface area (Å²) in [5.74, 6) is 0. The molecule has 8 heteroatoms. The minimum atomic E-state index is -0.980. The number of pyridine rings is 1. The number of rotatable bonds is 2. The topological polar surface area (TPSA) is 113 Å². The Labute approximate surface area is 70.9 Å². The SMILES string of the molecule is O=[N+]([O-])c1cc[n+]([O-])cc1[N+](=O)[O-]. The second kappa shape index (κ2) is 3.01. The normalized spacial score (nSPS) is 9.54. The summed E-state index contributed by atoms with van der Waals surface area (Å²) in [6, 6.07) is 0.783. The van der Waals surface area contributed by atoms with E-state index in [0.717, 1.165) is 12.3 Å². The van der Waals surface area contributed by atoms with E-state index in [4.69, 9.17) is 0 Å². The average Bonchev–Trinajstić information content (AvgIpc) is 2.03. The summed E-state index contributed by atoms with van der Waals surface area (Å²) in [5.41, 5.74) is -1.51. The Bertz CT molecular complexity index is 376. The highest BCUT2D eigenvalue weighted by Crippen LogP contribution is 2.22. The zero-order valence-corrected chi connectivity index (χ0v) is 6.11. The van der Waals surface area contributed by atoms with Gasteiger partial charge in [0.25, 0.3) is 6.20 Å². The molecule has 0 saturated heterocycles. The Morgan fingerprint density at radius 1 is 1.15 bits per heavy atom. The van der Waals surface area contributed by atoms with Gasteiger partial charge in [0, 0.05) is 0 Å². The summed E-state index contributed by atoms with van der Waals surface area (Å²) in [5, 5.41) is 31.0. The molecule has 8 nitrogen and oxygen atoms in total. The minimum absolute atomic E-state index is 0.130. The predicted molar refractivity (Wildman–Crippen MR) is 38.7 cm³/mol. The lowest BCUT2D eigenvalue weighted by Crippen LogP contribution is -2.25. The Hall–Kier alpha value is -2.25. The van der Waals surface area contributed by atoms with Crippen LogP contribution in [0.15, 0.2) is 18.5 Å². The number of nitrogens with zero attached hydrogens (tertiary/aromatic N) is 3. The molecule has 0 bridgehead atoms. The largest absolute Gasteiger partial charge is 0.619 e. The van der Waals surface area contributed by atoms with Crippen molar-refractivity contribution in [2.75, 3.05) is 0 Å². The van der Waals surface area contributed by atoms with E-state index in [0.29, 0.717) is 6.20 Å². The molecule has 0 aliphatic heterocycles. The average molecular weight is 185 g/mol. The smallest absolute Gasteiger partial charge is 0.410 e. The molecule has 0 unspecified atom stereocenters. The van der Waals surface area contributed by atoms with Gasteiger partial charge in [-0.3, -0.25) is 20.2 Å². The summed E-state index contributed by atoms with van der Waals surface area (Å²) >= 11 is 0. The van der Waals surface area contributed by atoms with Crippen molar-refractivity contribution in [3.63, 3.8) is 0 Å². The van der Waals surface area contributed by atoms with Gasteiger partial charge in [-0.1, -0.05) is 0 Å². The summed E-state index contributed by atoms with van der Waals surface area (Å²) in [6.45, 7) is 0. The van der Waals surface area contributed by atoms with Gasteiger partial charge in [-0.2, -0.15) is 4.73 Å². The van der Waals surface area contributed by atoms with Crippen LogP contribution in [-0.4, -0.2) is 9.85 Å². The molecule has 0 aliphatic carbocycles. The molecule has 1 aromatic rings.